The Labute approximate surface area is 144 Å². The lowest BCUT2D eigenvalue weighted by Gasteiger charge is -2.09. The molecule has 0 spiro atoms. The molecule has 0 unspecified atom stereocenters. The molecule has 0 atom stereocenters. The van der Waals surface area contributed by atoms with Gasteiger partial charge in [-0.1, -0.05) is 6.07 Å². The van der Waals surface area contributed by atoms with E-state index >= 15 is 0 Å². The van der Waals surface area contributed by atoms with Gasteiger partial charge in [-0.3, -0.25) is 14.4 Å². The molecular weight excluding hydrogens is 320 g/mol. The standard InChI is InChI=1S/C19H18N2O4/c1-13(2)20-17-5-3-4-10-21(17)18(22)12-24-15-8-6-14-7-9-19(23)25-16(14)11-15/h3-11,13H,12H2,1-2H3. The third-order valence-electron chi connectivity index (χ3n) is 3.45. The summed E-state index contributed by atoms with van der Waals surface area (Å²) < 4.78 is 12.1. The number of nitrogens with zero attached hydrogens (tertiary/aromatic N) is 2. The number of carbonyl (C=O) groups is 1. The first-order valence-corrected chi connectivity index (χ1v) is 7.94. The molecule has 0 aliphatic carbocycles. The molecule has 1 aromatic carbocycles. The fraction of sp³-hybridized carbons (Fsp3) is 0.211. The van der Waals surface area contributed by atoms with Crippen LogP contribution in [0, 0.1) is 0 Å². The highest BCUT2D eigenvalue weighted by molar-refractivity contribution is 5.81. The minimum Gasteiger partial charge on any atom is -0.484 e. The number of pyridine rings is 1. The smallest absolute Gasteiger partial charge is 0.336 e. The molecule has 6 heteroatoms. The van der Waals surface area contributed by atoms with E-state index in [1.807, 2.05) is 19.9 Å². The van der Waals surface area contributed by atoms with Crippen molar-refractivity contribution in [1.82, 2.24) is 4.57 Å². The lowest BCUT2D eigenvalue weighted by Crippen LogP contribution is -2.31. The average Bonchev–Trinajstić information content (AvgIpc) is 2.59. The zero-order valence-electron chi connectivity index (χ0n) is 14.0. The van der Waals surface area contributed by atoms with Crippen LogP contribution >= 0.6 is 0 Å². The molecule has 25 heavy (non-hydrogen) atoms. The normalized spacial score (nSPS) is 11.9. The fourth-order valence-corrected chi connectivity index (χ4v) is 2.36. The predicted octanol–water partition coefficient (Wildman–Crippen LogP) is 2.62. The summed E-state index contributed by atoms with van der Waals surface area (Å²) in [7, 11) is 0. The quantitative estimate of drug-likeness (QED) is 0.686. The molecule has 3 aromatic rings. The molecule has 0 saturated heterocycles. The lowest BCUT2D eigenvalue weighted by atomic mass is 10.2. The first kappa shape index (κ1) is 16.7. The van der Waals surface area contributed by atoms with Gasteiger partial charge in [-0.25, -0.2) is 4.79 Å². The van der Waals surface area contributed by atoms with Gasteiger partial charge in [0.2, 0.25) is 0 Å². The summed E-state index contributed by atoms with van der Waals surface area (Å²) in [5.74, 6) is 0.212. The summed E-state index contributed by atoms with van der Waals surface area (Å²) in [6.45, 7) is 3.74. The largest absolute Gasteiger partial charge is 0.484 e. The van der Waals surface area contributed by atoms with Crippen molar-refractivity contribution in [3.63, 3.8) is 0 Å². The molecule has 0 N–H and O–H groups in total. The SMILES string of the molecule is CC(C)N=c1ccccn1C(=O)COc1ccc2ccc(=O)oc2c1. The predicted molar refractivity (Wildman–Crippen MR) is 93.7 cm³/mol. The van der Waals surface area contributed by atoms with E-state index in [4.69, 9.17) is 9.15 Å². The van der Waals surface area contributed by atoms with Crippen LogP contribution < -0.4 is 15.9 Å². The number of fused-ring (bicyclic) bond motifs is 1. The van der Waals surface area contributed by atoms with Crippen LogP contribution in [0.3, 0.4) is 0 Å². The molecule has 6 nitrogen and oxygen atoms in total. The van der Waals surface area contributed by atoms with E-state index in [-0.39, 0.29) is 18.6 Å². The second kappa shape index (κ2) is 7.17. The molecular formula is C19H18N2O4. The van der Waals surface area contributed by atoms with E-state index in [0.29, 0.717) is 16.8 Å². The number of ether oxygens (including phenoxy) is 1. The minimum atomic E-state index is -0.430. The van der Waals surface area contributed by atoms with Crippen molar-refractivity contribution in [3.05, 3.63) is 70.6 Å². The molecule has 0 fully saturated rings. The Hall–Kier alpha value is -3.15. The Morgan fingerprint density at radius 1 is 1.20 bits per heavy atom. The highest BCUT2D eigenvalue weighted by atomic mass is 16.5. The second-order valence-electron chi connectivity index (χ2n) is 5.79. The minimum absolute atomic E-state index is 0.0748. The van der Waals surface area contributed by atoms with Crippen LogP contribution in [0.4, 0.5) is 0 Å². The van der Waals surface area contributed by atoms with Crippen LogP contribution in [0.25, 0.3) is 11.0 Å². The van der Waals surface area contributed by atoms with E-state index < -0.39 is 5.63 Å². The van der Waals surface area contributed by atoms with Gasteiger partial charge >= 0.3 is 5.63 Å². The number of rotatable bonds is 4. The molecule has 3 rings (SSSR count). The summed E-state index contributed by atoms with van der Waals surface area (Å²) in [5.41, 5.74) is 0.566. The van der Waals surface area contributed by atoms with Crippen molar-refractivity contribution in [2.24, 2.45) is 4.99 Å². The number of hydrogen-bond acceptors (Lipinski definition) is 5. The van der Waals surface area contributed by atoms with Crippen molar-refractivity contribution in [2.75, 3.05) is 6.61 Å². The molecule has 0 amide bonds. The van der Waals surface area contributed by atoms with Gasteiger partial charge in [0, 0.05) is 29.8 Å². The van der Waals surface area contributed by atoms with Gasteiger partial charge in [-0.2, -0.15) is 0 Å². The van der Waals surface area contributed by atoms with Crippen molar-refractivity contribution < 1.29 is 13.9 Å². The Bertz CT molecular complexity index is 1030. The first-order chi connectivity index (χ1) is 12.0. The highest BCUT2D eigenvalue weighted by Gasteiger charge is 2.08. The van der Waals surface area contributed by atoms with Crippen LogP contribution in [-0.4, -0.2) is 23.1 Å². The van der Waals surface area contributed by atoms with Gasteiger partial charge < -0.3 is 9.15 Å². The number of aromatic nitrogens is 1. The van der Waals surface area contributed by atoms with Crippen molar-refractivity contribution in [3.8, 4) is 5.75 Å². The maximum absolute atomic E-state index is 12.4. The second-order valence-corrected chi connectivity index (χ2v) is 5.79. The average molecular weight is 338 g/mol. The van der Waals surface area contributed by atoms with E-state index in [9.17, 15) is 9.59 Å². The van der Waals surface area contributed by atoms with Gasteiger partial charge in [0.15, 0.2) is 6.61 Å². The van der Waals surface area contributed by atoms with E-state index in [2.05, 4.69) is 4.99 Å². The molecule has 0 aliphatic heterocycles. The number of hydrogen-bond donors (Lipinski definition) is 0. The molecule has 0 saturated carbocycles. The van der Waals surface area contributed by atoms with Crippen LogP contribution in [0.5, 0.6) is 5.75 Å². The van der Waals surface area contributed by atoms with Crippen LogP contribution in [0.1, 0.15) is 18.6 Å². The van der Waals surface area contributed by atoms with Gasteiger partial charge in [-0.15, -0.1) is 0 Å². The maximum atomic E-state index is 12.4. The number of benzene rings is 1. The van der Waals surface area contributed by atoms with E-state index in [0.717, 1.165) is 5.39 Å². The fourth-order valence-electron chi connectivity index (χ4n) is 2.36. The van der Waals surface area contributed by atoms with E-state index in [1.165, 1.54) is 10.6 Å². The summed E-state index contributed by atoms with van der Waals surface area (Å²) in [6.07, 6.45) is 1.66. The van der Waals surface area contributed by atoms with Crippen LogP contribution in [-0.2, 0) is 0 Å². The molecule has 0 radical (unpaired) electrons. The first-order valence-electron chi connectivity index (χ1n) is 7.94. The van der Waals surface area contributed by atoms with Gasteiger partial charge in [-0.05, 0) is 44.2 Å². The topological polar surface area (TPSA) is 73.8 Å². The maximum Gasteiger partial charge on any atom is 0.336 e. The summed E-state index contributed by atoms with van der Waals surface area (Å²) >= 11 is 0. The van der Waals surface area contributed by atoms with Crippen molar-refractivity contribution >= 4 is 16.9 Å². The lowest BCUT2D eigenvalue weighted by molar-refractivity contribution is 0.0831. The molecule has 0 aliphatic rings. The van der Waals surface area contributed by atoms with Crippen molar-refractivity contribution in [1.29, 1.82) is 0 Å². The zero-order chi connectivity index (χ0) is 17.8. The molecule has 0 bridgehead atoms. The van der Waals surface area contributed by atoms with Gasteiger partial charge in [0.1, 0.15) is 16.8 Å². The molecule has 2 heterocycles. The third-order valence-corrected chi connectivity index (χ3v) is 3.45. The Kier molecular flexibility index (Phi) is 4.79. The Morgan fingerprint density at radius 2 is 2.00 bits per heavy atom. The third kappa shape index (κ3) is 4.03. The van der Waals surface area contributed by atoms with Gasteiger partial charge in [0.05, 0.1) is 0 Å². The Balaban J connectivity index is 1.80. The zero-order valence-corrected chi connectivity index (χ0v) is 14.0. The summed E-state index contributed by atoms with van der Waals surface area (Å²) in [5, 5.41) is 0.786. The van der Waals surface area contributed by atoms with Crippen LogP contribution in [0.15, 0.2) is 68.9 Å². The van der Waals surface area contributed by atoms with Gasteiger partial charge in [0.25, 0.3) is 5.91 Å². The summed E-state index contributed by atoms with van der Waals surface area (Å²) in [4.78, 5) is 28.2. The molecule has 2 aromatic heterocycles. The monoisotopic (exact) mass is 338 g/mol. The number of carbonyl (C=O) groups excluding carboxylic acids is 1. The molecule has 128 valence electrons. The van der Waals surface area contributed by atoms with Crippen LogP contribution in [0.2, 0.25) is 0 Å². The summed E-state index contributed by atoms with van der Waals surface area (Å²) in [6, 6.07) is 13.6. The highest BCUT2D eigenvalue weighted by Crippen LogP contribution is 2.19. The van der Waals surface area contributed by atoms with E-state index in [1.54, 1.807) is 42.6 Å². The van der Waals surface area contributed by atoms with Crippen molar-refractivity contribution in [2.45, 2.75) is 19.9 Å². The Morgan fingerprint density at radius 3 is 2.80 bits per heavy atom.